The van der Waals surface area contributed by atoms with Crippen LogP contribution in [0.3, 0.4) is 0 Å². The van der Waals surface area contributed by atoms with Crippen LogP contribution in [0.2, 0.25) is 5.02 Å². The number of nitrogens with zero attached hydrogens (tertiary/aromatic N) is 1. The number of hydrogen-bond acceptors (Lipinski definition) is 6. The Bertz CT molecular complexity index is 750. The van der Waals surface area contributed by atoms with Gasteiger partial charge >= 0.3 is 17.9 Å². The molecule has 0 aromatic heterocycles. The molecule has 0 radical (unpaired) electrons. The summed E-state index contributed by atoms with van der Waals surface area (Å²) in [6.07, 6.45) is 4.83. The zero-order valence-electron chi connectivity index (χ0n) is 16.9. The fourth-order valence-corrected chi connectivity index (χ4v) is 3.75. The predicted octanol–water partition coefficient (Wildman–Crippen LogP) is 2.99. The Morgan fingerprint density at radius 3 is 2.03 bits per heavy atom. The van der Waals surface area contributed by atoms with Gasteiger partial charge in [-0.3, -0.25) is 0 Å². The zero-order valence-corrected chi connectivity index (χ0v) is 17.6. The van der Waals surface area contributed by atoms with Crippen molar-refractivity contribution in [3.63, 3.8) is 0 Å². The lowest BCUT2D eigenvalue weighted by Gasteiger charge is -2.36. The van der Waals surface area contributed by atoms with Crippen molar-refractivity contribution in [1.29, 1.82) is 0 Å². The predicted molar refractivity (Wildman–Crippen MR) is 110 cm³/mol. The second-order valence-electron chi connectivity index (χ2n) is 7.30. The van der Waals surface area contributed by atoms with Gasteiger partial charge < -0.3 is 24.6 Å². The van der Waals surface area contributed by atoms with E-state index in [1.807, 2.05) is 0 Å². The average Bonchev–Trinajstić information content (AvgIpc) is 2.89. The number of carboxylic acids is 2. The second kappa shape index (κ2) is 11.0. The van der Waals surface area contributed by atoms with Crippen molar-refractivity contribution >= 4 is 29.5 Å². The maximum Gasteiger partial charge on any atom is 0.347 e. The maximum atomic E-state index is 12.2. The normalized spacial score (nSPS) is 23.9. The molecule has 0 saturated carbocycles. The van der Waals surface area contributed by atoms with Gasteiger partial charge in [-0.2, -0.15) is 0 Å². The minimum absolute atomic E-state index is 0.0254. The zero-order chi connectivity index (χ0) is 22.3. The summed E-state index contributed by atoms with van der Waals surface area (Å²) >= 11 is 5.83. The molecular formula is C21H26ClNO7. The molecule has 0 spiro atoms. The molecular weight excluding hydrogens is 414 g/mol. The second-order valence-corrected chi connectivity index (χ2v) is 7.74. The van der Waals surface area contributed by atoms with Crippen molar-refractivity contribution in [1.82, 2.24) is 4.90 Å². The van der Waals surface area contributed by atoms with E-state index in [1.54, 1.807) is 31.2 Å². The number of carbonyl (C=O) groups is 3. The molecule has 2 N–H and O–H groups in total. The summed E-state index contributed by atoms with van der Waals surface area (Å²) in [6.45, 7) is 1.72. The Kier molecular flexibility index (Phi) is 8.68. The number of aliphatic carboxylic acids is 2. The Morgan fingerprint density at radius 1 is 1.07 bits per heavy atom. The lowest BCUT2D eigenvalue weighted by atomic mass is 10.0. The first-order chi connectivity index (χ1) is 14.2. The van der Waals surface area contributed by atoms with Gasteiger partial charge in [0.05, 0.1) is 0 Å². The standard InChI is InChI=1S/C17H22ClNO3.C4H4O4/c1-11(21-15-7-3-12(18)4-8-15)17(20)22-16-9-13-5-6-14(10-16)19(13)2;5-3(6)1-2-4(7)8/h3-4,7-8,11,13-14,16H,5-6,9-10H2,1-2H3;1-2H,(H,5,6)(H,7,8)/b;2-1-. The van der Waals surface area contributed by atoms with E-state index in [4.69, 9.17) is 31.3 Å². The summed E-state index contributed by atoms with van der Waals surface area (Å²) in [5.41, 5.74) is 0. The van der Waals surface area contributed by atoms with Crippen LogP contribution < -0.4 is 4.74 Å². The molecule has 3 atom stereocenters. The van der Waals surface area contributed by atoms with Crippen LogP contribution in [0, 0.1) is 0 Å². The molecule has 2 aliphatic rings. The van der Waals surface area contributed by atoms with Crippen molar-refractivity contribution in [3.8, 4) is 5.75 Å². The molecule has 8 nitrogen and oxygen atoms in total. The highest BCUT2D eigenvalue weighted by atomic mass is 35.5. The SMILES string of the molecule is CC(Oc1ccc(Cl)cc1)C(=O)OC1CC2CCC(C1)N2C.O=C(O)/C=C\C(=O)O. The van der Waals surface area contributed by atoms with Gasteiger partial charge in [0.15, 0.2) is 6.10 Å². The summed E-state index contributed by atoms with van der Waals surface area (Å²) in [5, 5.41) is 16.3. The minimum atomic E-state index is -1.26. The molecule has 2 bridgehead atoms. The number of halogens is 1. The fourth-order valence-electron chi connectivity index (χ4n) is 3.63. The molecule has 0 amide bonds. The summed E-state index contributed by atoms with van der Waals surface area (Å²) in [6, 6.07) is 8.10. The first-order valence-electron chi connectivity index (χ1n) is 9.64. The number of hydrogen-bond donors (Lipinski definition) is 2. The third-order valence-electron chi connectivity index (χ3n) is 5.16. The van der Waals surface area contributed by atoms with Gasteiger partial charge in [0, 0.05) is 29.3 Å². The van der Waals surface area contributed by atoms with Crippen LogP contribution in [0.1, 0.15) is 32.6 Å². The number of fused-ring (bicyclic) bond motifs is 2. The van der Waals surface area contributed by atoms with Crippen molar-refractivity contribution in [3.05, 3.63) is 41.4 Å². The first kappa shape index (κ1) is 23.7. The van der Waals surface area contributed by atoms with Gasteiger partial charge in [0.1, 0.15) is 11.9 Å². The van der Waals surface area contributed by atoms with Crippen LogP contribution in [-0.2, 0) is 19.1 Å². The lowest BCUT2D eigenvalue weighted by Crippen LogP contribution is -2.44. The van der Waals surface area contributed by atoms with E-state index >= 15 is 0 Å². The highest BCUT2D eigenvalue weighted by Crippen LogP contribution is 2.35. The molecule has 9 heteroatoms. The third-order valence-corrected chi connectivity index (χ3v) is 5.42. The van der Waals surface area contributed by atoms with Gasteiger partial charge in [0.2, 0.25) is 0 Å². The molecule has 2 fully saturated rings. The van der Waals surface area contributed by atoms with Crippen LogP contribution in [-0.4, -0.2) is 64.4 Å². The largest absolute Gasteiger partial charge is 0.479 e. The third kappa shape index (κ3) is 7.35. The summed E-state index contributed by atoms with van der Waals surface area (Å²) in [7, 11) is 2.17. The van der Waals surface area contributed by atoms with Gasteiger partial charge in [-0.1, -0.05) is 11.6 Å². The van der Waals surface area contributed by atoms with Gasteiger partial charge in [0.25, 0.3) is 0 Å². The van der Waals surface area contributed by atoms with Crippen LogP contribution in [0.5, 0.6) is 5.75 Å². The van der Waals surface area contributed by atoms with Crippen LogP contribution in [0.25, 0.3) is 0 Å². The Balaban J connectivity index is 0.000000343. The Labute approximate surface area is 180 Å². The van der Waals surface area contributed by atoms with E-state index in [9.17, 15) is 14.4 Å². The van der Waals surface area contributed by atoms with Crippen molar-refractivity contribution in [2.45, 2.75) is 56.9 Å². The van der Waals surface area contributed by atoms with Gasteiger partial charge in [-0.25, -0.2) is 14.4 Å². The molecule has 3 rings (SSSR count). The number of benzene rings is 1. The summed E-state index contributed by atoms with van der Waals surface area (Å²) in [4.78, 5) is 33.7. The number of carbonyl (C=O) groups excluding carboxylic acids is 1. The molecule has 2 aliphatic heterocycles. The number of ether oxygens (including phenoxy) is 2. The highest BCUT2D eigenvalue weighted by molar-refractivity contribution is 6.30. The topological polar surface area (TPSA) is 113 Å². The monoisotopic (exact) mass is 439 g/mol. The van der Waals surface area contributed by atoms with E-state index in [2.05, 4.69) is 11.9 Å². The molecule has 2 saturated heterocycles. The van der Waals surface area contributed by atoms with E-state index < -0.39 is 18.0 Å². The van der Waals surface area contributed by atoms with Crippen molar-refractivity contribution < 1.29 is 34.1 Å². The maximum absolute atomic E-state index is 12.2. The first-order valence-corrected chi connectivity index (χ1v) is 10.0. The summed E-state index contributed by atoms with van der Waals surface area (Å²) < 4.78 is 11.3. The van der Waals surface area contributed by atoms with Gasteiger partial charge in [-0.05, 0) is 63.9 Å². The highest BCUT2D eigenvalue weighted by Gasteiger charge is 2.40. The molecule has 0 aliphatic carbocycles. The van der Waals surface area contributed by atoms with Crippen molar-refractivity contribution in [2.24, 2.45) is 0 Å². The molecule has 2 heterocycles. The van der Waals surface area contributed by atoms with E-state index in [0.29, 0.717) is 35.0 Å². The smallest absolute Gasteiger partial charge is 0.347 e. The lowest BCUT2D eigenvalue weighted by molar-refractivity contribution is -0.160. The van der Waals surface area contributed by atoms with E-state index in [-0.39, 0.29) is 12.1 Å². The molecule has 164 valence electrons. The van der Waals surface area contributed by atoms with Crippen LogP contribution in [0.15, 0.2) is 36.4 Å². The quantitative estimate of drug-likeness (QED) is 0.513. The number of carboxylic acid groups (broad SMARTS) is 2. The molecule has 3 unspecified atom stereocenters. The Hall–Kier alpha value is -2.58. The van der Waals surface area contributed by atoms with Crippen LogP contribution in [0.4, 0.5) is 0 Å². The molecule has 1 aromatic rings. The minimum Gasteiger partial charge on any atom is -0.479 e. The number of esters is 1. The number of rotatable bonds is 6. The molecule has 30 heavy (non-hydrogen) atoms. The van der Waals surface area contributed by atoms with E-state index in [0.717, 1.165) is 12.8 Å². The fraction of sp³-hybridized carbons (Fsp3) is 0.476. The number of piperidine rings is 1. The Morgan fingerprint density at radius 2 is 1.57 bits per heavy atom. The van der Waals surface area contributed by atoms with Gasteiger partial charge in [-0.15, -0.1) is 0 Å². The van der Waals surface area contributed by atoms with Crippen molar-refractivity contribution in [2.75, 3.05) is 7.05 Å². The van der Waals surface area contributed by atoms with E-state index in [1.165, 1.54) is 12.8 Å². The summed E-state index contributed by atoms with van der Waals surface area (Å²) in [5.74, 6) is -2.18. The average molecular weight is 440 g/mol. The molecule has 1 aromatic carbocycles. The van der Waals surface area contributed by atoms with Crippen LogP contribution >= 0.6 is 11.6 Å².